The van der Waals surface area contributed by atoms with Crippen molar-refractivity contribution in [2.75, 3.05) is 6.79 Å². The van der Waals surface area contributed by atoms with E-state index < -0.39 is 22.0 Å². The van der Waals surface area contributed by atoms with Gasteiger partial charge in [-0.15, -0.1) is 6.58 Å². The zero-order valence-electron chi connectivity index (χ0n) is 10.4. The van der Waals surface area contributed by atoms with Crippen LogP contribution >= 0.6 is 0 Å². The zero-order valence-corrected chi connectivity index (χ0v) is 11.2. The second-order valence-electron chi connectivity index (χ2n) is 4.05. The maximum atomic E-state index is 12.1. The number of hydrogen-bond acceptors (Lipinski definition) is 5. The normalized spacial score (nSPS) is 14.8. The van der Waals surface area contributed by atoms with E-state index in [1.807, 2.05) is 0 Å². The number of sulfonamides is 1. The van der Waals surface area contributed by atoms with E-state index >= 15 is 0 Å². The van der Waals surface area contributed by atoms with Gasteiger partial charge in [-0.3, -0.25) is 4.79 Å². The van der Waals surface area contributed by atoms with Gasteiger partial charge in [0.15, 0.2) is 11.5 Å². The summed E-state index contributed by atoms with van der Waals surface area (Å²) in [6.45, 7) is 3.43. The summed E-state index contributed by atoms with van der Waals surface area (Å²) in [7, 11) is -3.96. The van der Waals surface area contributed by atoms with Gasteiger partial charge in [0.1, 0.15) is 6.04 Å². The first-order valence-electron chi connectivity index (χ1n) is 5.70. The highest BCUT2D eigenvalue weighted by molar-refractivity contribution is 7.89. The summed E-state index contributed by atoms with van der Waals surface area (Å²) < 4.78 is 36.5. The number of hydrogen-bond donors (Lipinski definition) is 2. The minimum Gasteiger partial charge on any atom is -0.480 e. The van der Waals surface area contributed by atoms with Crippen molar-refractivity contribution in [1.82, 2.24) is 4.72 Å². The highest BCUT2D eigenvalue weighted by Gasteiger charge is 2.26. The van der Waals surface area contributed by atoms with E-state index in [0.717, 1.165) is 0 Å². The molecule has 0 amide bonds. The third-order valence-electron chi connectivity index (χ3n) is 2.65. The number of nitrogens with one attached hydrogen (secondary N) is 1. The van der Waals surface area contributed by atoms with Crippen molar-refractivity contribution in [1.29, 1.82) is 0 Å². The van der Waals surface area contributed by atoms with Crippen LogP contribution in [-0.2, 0) is 14.8 Å². The van der Waals surface area contributed by atoms with Gasteiger partial charge < -0.3 is 14.6 Å². The number of carbonyl (C=O) groups is 1. The number of aliphatic carboxylic acids is 1. The molecule has 8 heteroatoms. The molecule has 1 heterocycles. The molecule has 0 aliphatic carbocycles. The summed E-state index contributed by atoms with van der Waals surface area (Å²) in [5, 5.41) is 8.95. The van der Waals surface area contributed by atoms with E-state index in [1.165, 1.54) is 24.3 Å². The molecule has 0 bridgehead atoms. The molecule has 1 aromatic carbocycles. The fourth-order valence-corrected chi connectivity index (χ4v) is 2.88. The fourth-order valence-electron chi connectivity index (χ4n) is 1.67. The van der Waals surface area contributed by atoms with E-state index in [-0.39, 0.29) is 18.1 Å². The molecule has 0 fully saturated rings. The zero-order chi connectivity index (χ0) is 14.8. The van der Waals surface area contributed by atoms with Crippen LogP contribution in [0.2, 0.25) is 0 Å². The van der Waals surface area contributed by atoms with Crippen molar-refractivity contribution < 1.29 is 27.8 Å². The van der Waals surface area contributed by atoms with E-state index in [9.17, 15) is 13.2 Å². The number of rotatable bonds is 6. The quantitative estimate of drug-likeness (QED) is 0.751. The van der Waals surface area contributed by atoms with Gasteiger partial charge in [-0.25, -0.2) is 8.42 Å². The maximum absolute atomic E-state index is 12.1. The van der Waals surface area contributed by atoms with Crippen molar-refractivity contribution in [3.8, 4) is 11.5 Å². The van der Waals surface area contributed by atoms with Crippen LogP contribution in [0.3, 0.4) is 0 Å². The lowest BCUT2D eigenvalue weighted by atomic mass is 10.2. The summed E-state index contributed by atoms with van der Waals surface area (Å²) in [4.78, 5) is 10.9. The van der Waals surface area contributed by atoms with Crippen molar-refractivity contribution in [2.45, 2.75) is 17.4 Å². The monoisotopic (exact) mass is 299 g/mol. The number of benzene rings is 1. The third-order valence-corrected chi connectivity index (χ3v) is 4.12. The predicted octanol–water partition coefficient (Wildman–Crippen LogP) is 0.723. The molecule has 1 unspecified atom stereocenters. The Kier molecular flexibility index (Phi) is 3.96. The molecule has 1 atom stereocenters. The molecule has 0 saturated heterocycles. The lowest BCUT2D eigenvalue weighted by Crippen LogP contribution is -2.40. The van der Waals surface area contributed by atoms with Crippen molar-refractivity contribution >= 4 is 16.0 Å². The SMILES string of the molecule is C=CCC(NS(=O)(=O)c1ccc2c(c1)OCO2)C(=O)O. The Morgan fingerprint density at radius 3 is 2.80 bits per heavy atom. The minimum absolute atomic E-state index is 0.0148. The average molecular weight is 299 g/mol. The molecule has 0 spiro atoms. The second-order valence-corrected chi connectivity index (χ2v) is 5.77. The Labute approximate surface area is 115 Å². The van der Waals surface area contributed by atoms with Crippen LogP contribution in [0.5, 0.6) is 11.5 Å². The van der Waals surface area contributed by atoms with Crippen LogP contribution < -0.4 is 14.2 Å². The molecule has 1 aromatic rings. The van der Waals surface area contributed by atoms with Crippen molar-refractivity contribution in [3.63, 3.8) is 0 Å². The Morgan fingerprint density at radius 1 is 1.45 bits per heavy atom. The van der Waals surface area contributed by atoms with Crippen molar-refractivity contribution in [3.05, 3.63) is 30.9 Å². The summed E-state index contributed by atoms with van der Waals surface area (Å²) in [6.07, 6.45) is 1.32. The summed E-state index contributed by atoms with van der Waals surface area (Å²) >= 11 is 0. The van der Waals surface area contributed by atoms with E-state index in [0.29, 0.717) is 11.5 Å². The fraction of sp³-hybridized carbons (Fsp3) is 0.250. The Morgan fingerprint density at radius 2 is 2.15 bits per heavy atom. The van der Waals surface area contributed by atoms with Gasteiger partial charge in [0.05, 0.1) is 4.90 Å². The number of ether oxygens (including phenoxy) is 2. The highest BCUT2D eigenvalue weighted by Crippen LogP contribution is 2.33. The standard InChI is InChI=1S/C12H13NO6S/c1-2-3-9(12(14)15)13-20(16,17)8-4-5-10-11(6-8)19-7-18-10/h2,4-6,9,13H,1,3,7H2,(H,14,15). The topological polar surface area (TPSA) is 102 Å². The largest absolute Gasteiger partial charge is 0.480 e. The maximum Gasteiger partial charge on any atom is 0.322 e. The van der Waals surface area contributed by atoms with Crippen LogP contribution in [0.15, 0.2) is 35.7 Å². The van der Waals surface area contributed by atoms with Crippen LogP contribution in [0.1, 0.15) is 6.42 Å². The molecule has 108 valence electrons. The van der Waals surface area contributed by atoms with Gasteiger partial charge in [0.2, 0.25) is 16.8 Å². The number of carboxylic acid groups (broad SMARTS) is 1. The Balaban J connectivity index is 2.25. The molecule has 0 radical (unpaired) electrons. The molecule has 1 aliphatic rings. The highest BCUT2D eigenvalue weighted by atomic mass is 32.2. The first-order valence-corrected chi connectivity index (χ1v) is 7.18. The molecule has 1 aliphatic heterocycles. The molecular weight excluding hydrogens is 286 g/mol. The summed E-state index contributed by atoms with van der Waals surface area (Å²) in [5.41, 5.74) is 0. The first-order chi connectivity index (χ1) is 9.44. The van der Waals surface area contributed by atoms with Crippen molar-refractivity contribution in [2.24, 2.45) is 0 Å². The van der Waals surface area contributed by atoms with Crippen LogP contribution in [-0.4, -0.2) is 32.3 Å². The summed E-state index contributed by atoms with van der Waals surface area (Å²) in [5.74, 6) is -0.512. The molecule has 0 saturated carbocycles. The van der Waals surface area contributed by atoms with E-state index in [2.05, 4.69) is 11.3 Å². The predicted molar refractivity (Wildman–Crippen MR) is 69.1 cm³/mol. The number of fused-ring (bicyclic) bond motifs is 1. The molecule has 7 nitrogen and oxygen atoms in total. The Hall–Kier alpha value is -2.06. The van der Waals surface area contributed by atoms with Gasteiger partial charge in [-0.2, -0.15) is 4.72 Å². The van der Waals surface area contributed by atoms with E-state index in [4.69, 9.17) is 14.6 Å². The number of carboxylic acids is 1. The average Bonchev–Trinajstić information content (AvgIpc) is 2.85. The minimum atomic E-state index is -3.96. The molecular formula is C12H13NO6S. The first kappa shape index (κ1) is 14.4. The molecule has 20 heavy (non-hydrogen) atoms. The molecule has 0 aromatic heterocycles. The van der Waals surface area contributed by atoms with Gasteiger partial charge in [0.25, 0.3) is 0 Å². The second kappa shape index (κ2) is 5.51. The van der Waals surface area contributed by atoms with Gasteiger partial charge >= 0.3 is 5.97 Å². The van der Waals surface area contributed by atoms with Gasteiger partial charge in [-0.1, -0.05) is 6.08 Å². The lowest BCUT2D eigenvalue weighted by Gasteiger charge is -2.13. The molecule has 2 N–H and O–H groups in total. The Bertz CT molecular complexity index is 639. The van der Waals surface area contributed by atoms with Gasteiger partial charge in [0, 0.05) is 6.07 Å². The van der Waals surface area contributed by atoms with Gasteiger partial charge in [-0.05, 0) is 18.6 Å². The third kappa shape index (κ3) is 2.91. The summed E-state index contributed by atoms with van der Waals surface area (Å²) in [6, 6.07) is 2.81. The van der Waals surface area contributed by atoms with Crippen LogP contribution in [0.25, 0.3) is 0 Å². The van der Waals surface area contributed by atoms with E-state index in [1.54, 1.807) is 0 Å². The van der Waals surface area contributed by atoms with Crippen LogP contribution in [0.4, 0.5) is 0 Å². The smallest absolute Gasteiger partial charge is 0.322 e. The van der Waals surface area contributed by atoms with Crippen LogP contribution in [0, 0.1) is 0 Å². The lowest BCUT2D eigenvalue weighted by molar-refractivity contribution is -0.138. The molecule has 2 rings (SSSR count).